The van der Waals surface area contributed by atoms with Crippen molar-refractivity contribution in [2.45, 2.75) is 19.6 Å². The Balaban J connectivity index is 0.00000256. The van der Waals surface area contributed by atoms with Gasteiger partial charge < -0.3 is 18.2 Å². The number of nitrogens with zero attached hydrogens (tertiary/aromatic N) is 7. The molecule has 0 unspecified atom stereocenters. The second kappa shape index (κ2) is 21.3. The van der Waals surface area contributed by atoms with Crippen molar-refractivity contribution in [2.24, 2.45) is 0 Å². The fraction of sp³-hybridized carbons (Fsp3) is 0. The number of aromatic nitrogens is 7. The van der Waals surface area contributed by atoms with Crippen molar-refractivity contribution in [3.8, 4) is 68.1 Å². The summed E-state index contributed by atoms with van der Waals surface area (Å²) in [5, 5.41) is 17.0. The standard InChI is InChI=1S/C35H23N7O12S4.4Na/c43-55(44,45)24-12-4-20(5-13-24)30-32(22-8-16-26(17-9-22)57(49,50)51)39-41-34(37-30)28-2-1-3-29(36-28)35-38-31(21-6-14-25(15-7-21)56(46,47)48)33(40-42-35)23-10-18-27(19-11-23)58(52,53)54;;;;/h1-19H,(H,43,44,45)(H,46,47,48)(H,49,50,51)(H,52,53,54);;;;/q;4*+1/p-4. The number of pyridine rings is 1. The zero-order chi connectivity index (χ0) is 41.6. The third-order valence-corrected chi connectivity index (χ3v) is 11.6. The molecule has 19 nitrogen and oxygen atoms in total. The minimum atomic E-state index is -4.80. The van der Waals surface area contributed by atoms with E-state index in [-0.39, 0.29) is 186 Å². The molecule has 0 amide bonds. The molecule has 3 heterocycles. The number of hydrogen-bond acceptors (Lipinski definition) is 19. The summed E-state index contributed by atoms with van der Waals surface area (Å²) in [5.41, 5.74) is 1.63. The van der Waals surface area contributed by atoms with E-state index in [2.05, 4.69) is 35.3 Å². The van der Waals surface area contributed by atoms with Crippen LogP contribution in [0.15, 0.2) is 135 Å². The fourth-order valence-corrected chi connectivity index (χ4v) is 7.34. The molecule has 0 aliphatic rings. The Labute approximate surface area is 442 Å². The molecule has 3 aromatic heterocycles. The maximum absolute atomic E-state index is 11.6. The van der Waals surface area contributed by atoms with Gasteiger partial charge >= 0.3 is 118 Å². The third kappa shape index (κ3) is 12.5. The van der Waals surface area contributed by atoms with Gasteiger partial charge in [0.15, 0.2) is 0 Å². The monoisotopic (exact) mass is 949 g/mol. The summed E-state index contributed by atoms with van der Waals surface area (Å²) in [6.07, 6.45) is 0. The Hall–Kier alpha value is -2.31. The van der Waals surface area contributed by atoms with Crippen LogP contribution in [-0.2, 0) is 40.5 Å². The van der Waals surface area contributed by atoms with Crippen LogP contribution in [0.5, 0.6) is 0 Å². The molecule has 0 radical (unpaired) electrons. The Kier molecular flexibility index (Phi) is 18.6. The van der Waals surface area contributed by atoms with Gasteiger partial charge in [-0.3, -0.25) is 0 Å². The van der Waals surface area contributed by atoms with Crippen LogP contribution in [0.1, 0.15) is 0 Å². The van der Waals surface area contributed by atoms with E-state index in [0.717, 1.165) is 48.5 Å². The van der Waals surface area contributed by atoms with Gasteiger partial charge in [-0.2, -0.15) is 0 Å². The first-order valence-corrected chi connectivity index (χ1v) is 21.6. The first kappa shape index (κ1) is 54.0. The van der Waals surface area contributed by atoms with Crippen molar-refractivity contribution in [1.82, 2.24) is 35.3 Å². The van der Waals surface area contributed by atoms with Crippen LogP contribution < -0.4 is 118 Å². The van der Waals surface area contributed by atoms with E-state index in [1.54, 1.807) is 6.07 Å². The summed E-state index contributed by atoms with van der Waals surface area (Å²) < 4.78 is 139. The summed E-state index contributed by atoms with van der Waals surface area (Å²) >= 11 is 0. The van der Waals surface area contributed by atoms with Crippen LogP contribution in [0, 0.1) is 0 Å². The number of hydrogen-bond donors (Lipinski definition) is 0. The summed E-state index contributed by atoms with van der Waals surface area (Å²) in [7, 11) is -19.2. The Morgan fingerprint density at radius 1 is 0.306 bits per heavy atom. The van der Waals surface area contributed by atoms with E-state index in [1.165, 1.54) is 60.7 Å². The Bertz CT molecular complexity index is 3000. The summed E-state index contributed by atoms with van der Waals surface area (Å²) in [4.78, 5) is 11.8. The molecule has 62 heavy (non-hydrogen) atoms. The minimum absolute atomic E-state index is 0. The quantitative estimate of drug-likeness (QED) is 0.0908. The van der Waals surface area contributed by atoms with Gasteiger partial charge in [-0.1, -0.05) is 54.6 Å². The van der Waals surface area contributed by atoms with Gasteiger partial charge in [0.25, 0.3) is 0 Å². The normalized spacial score (nSPS) is 11.5. The van der Waals surface area contributed by atoms with Gasteiger partial charge in [0, 0.05) is 22.3 Å². The van der Waals surface area contributed by atoms with Crippen LogP contribution in [0.25, 0.3) is 68.1 Å². The molecule has 7 rings (SSSR count). The average Bonchev–Trinajstić information content (AvgIpc) is 3.19. The molecule has 0 N–H and O–H groups in total. The zero-order valence-electron chi connectivity index (χ0n) is 32.6. The van der Waals surface area contributed by atoms with Gasteiger partial charge in [0.2, 0.25) is 11.6 Å². The molecule has 0 saturated heterocycles. The van der Waals surface area contributed by atoms with Crippen LogP contribution in [-0.4, -0.2) is 87.2 Å². The average molecular weight is 950 g/mol. The van der Waals surface area contributed by atoms with Gasteiger partial charge in [0.1, 0.15) is 74.6 Å². The van der Waals surface area contributed by atoms with Crippen LogP contribution in [0.3, 0.4) is 0 Å². The van der Waals surface area contributed by atoms with Gasteiger partial charge in [-0.15, -0.1) is 20.4 Å². The molecular formula is C35H19N7Na4O12S4. The molecule has 294 valence electrons. The smallest absolute Gasteiger partial charge is 0.744 e. The third-order valence-electron chi connectivity index (χ3n) is 8.25. The predicted octanol–water partition coefficient (Wildman–Crippen LogP) is -8.91. The van der Waals surface area contributed by atoms with E-state index in [9.17, 15) is 51.9 Å². The van der Waals surface area contributed by atoms with Crippen molar-refractivity contribution in [2.75, 3.05) is 0 Å². The van der Waals surface area contributed by atoms with Crippen molar-refractivity contribution in [3.63, 3.8) is 0 Å². The van der Waals surface area contributed by atoms with Gasteiger partial charge in [-0.05, 0) is 60.7 Å². The second-order valence-corrected chi connectivity index (χ2v) is 17.5. The first-order valence-electron chi connectivity index (χ1n) is 16.0. The molecule has 0 spiro atoms. The Morgan fingerprint density at radius 3 is 0.790 bits per heavy atom. The first-order chi connectivity index (χ1) is 27.3. The summed E-state index contributed by atoms with van der Waals surface area (Å²) in [6, 6.07) is 23.5. The SMILES string of the molecule is O=S(=O)([O-])c1ccc(-c2nnc(-c3cccc(-c4nnc(-c5ccc(S(=O)(=O)[O-])cc5)c(-c5ccc(S(=O)(=O)[O-])cc5)n4)n3)nc2-c2ccc(S(=O)(=O)[O-])cc2)cc1.[Na+].[Na+].[Na+].[Na+]. The molecule has 27 heteroatoms. The summed E-state index contributed by atoms with van der Waals surface area (Å²) in [6.45, 7) is 0. The molecule has 4 aromatic carbocycles. The molecule has 0 atom stereocenters. The van der Waals surface area contributed by atoms with Gasteiger partial charge in [0.05, 0.1) is 19.6 Å². The molecule has 0 bridgehead atoms. The molecule has 7 aromatic rings. The van der Waals surface area contributed by atoms with E-state index in [4.69, 9.17) is 0 Å². The Morgan fingerprint density at radius 2 is 0.548 bits per heavy atom. The van der Waals surface area contributed by atoms with Crippen molar-refractivity contribution in [1.29, 1.82) is 0 Å². The second-order valence-electron chi connectivity index (χ2n) is 12.0. The maximum Gasteiger partial charge on any atom is 1.00 e. The zero-order valence-corrected chi connectivity index (χ0v) is 43.9. The van der Waals surface area contributed by atoms with E-state index in [1.807, 2.05) is 0 Å². The maximum atomic E-state index is 11.6. The minimum Gasteiger partial charge on any atom is -0.744 e. The van der Waals surface area contributed by atoms with E-state index in [0.29, 0.717) is 0 Å². The predicted molar refractivity (Wildman–Crippen MR) is 195 cm³/mol. The van der Waals surface area contributed by atoms with Crippen molar-refractivity contribution in [3.05, 3.63) is 115 Å². The molecule has 0 aliphatic heterocycles. The van der Waals surface area contributed by atoms with Crippen LogP contribution >= 0.6 is 0 Å². The van der Waals surface area contributed by atoms with Gasteiger partial charge in [-0.25, -0.2) is 48.6 Å². The van der Waals surface area contributed by atoms with E-state index < -0.39 is 60.1 Å². The van der Waals surface area contributed by atoms with Crippen LogP contribution in [0.4, 0.5) is 0 Å². The van der Waals surface area contributed by atoms with Crippen molar-refractivity contribution < 1.29 is 170 Å². The largest absolute Gasteiger partial charge is 1.00 e. The van der Waals surface area contributed by atoms with E-state index >= 15 is 0 Å². The topological polar surface area (TPSA) is 319 Å². The summed E-state index contributed by atoms with van der Waals surface area (Å²) in [5.74, 6) is -0.153. The number of benzene rings is 4. The molecule has 0 saturated carbocycles. The molecular weight excluding hydrogens is 931 g/mol. The van der Waals surface area contributed by atoms with Crippen LogP contribution in [0.2, 0.25) is 0 Å². The van der Waals surface area contributed by atoms with Crippen molar-refractivity contribution >= 4 is 40.5 Å². The fourth-order valence-electron chi connectivity index (χ4n) is 5.46. The number of rotatable bonds is 10. The molecule has 0 fully saturated rings. The molecule has 0 aliphatic carbocycles.